The summed E-state index contributed by atoms with van der Waals surface area (Å²) in [5.74, 6) is 0.589. The maximum atomic E-state index is 11.6. The van der Waals surface area contributed by atoms with E-state index in [0.717, 1.165) is 23.4 Å². The van der Waals surface area contributed by atoms with Gasteiger partial charge in [-0.1, -0.05) is 50.4 Å². The van der Waals surface area contributed by atoms with E-state index in [1.165, 1.54) is 0 Å². The fourth-order valence-electron chi connectivity index (χ4n) is 1.79. The van der Waals surface area contributed by atoms with Crippen LogP contribution in [0.25, 0.3) is 0 Å². The van der Waals surface area contributed by atoms with Crippen LogP contribution in [0.4, 0.5) is 0 Å². The molecule has 1 aromatic rings. The third-order valence-electron chi connectivity index (χ3n) is 2.72. The molecule has 0 aromatic heterocycles. The van der Waals surface area contributed by atoms with Gasteiger partial charge in [-0.25, -0.2) is 0 Å². The van der Waals surface area contributed by atoms with Crippen molar-refractivity contribution in [2.75, 3.05) is 0 Å². The molecule has 0 aliphatic carbocycles. The van der Waals surface area contributed by atoms with Crippen molar-refractivity contribution in [2.24, 2.45) is 5.92 Å². The summed E-state index contributed by atoms with van der Waals surface area (Å²) in [5, 5.41) is 3.64. The van der Waals surface area contributed by atoms with Crippen LogP contribution < -0.4 is 5.32 Å². The Morgan fingerprint density at radius 3 is 2.59 bits per heavy atom. The van der Waals surface area contributed by atoms with E-state index in [9.17, 15) is 4.79 Å². The molecule has 0 saturated heterocycles. The first-order valence-electron chi connectivity index (χ1n) is 6.13. The molecule has 94 valence electrons. The van der Waals surface area contributed by atoms with Gasteiger partial charge in [0.15, 0.2) is 0 Å². The van der Waals surface area contributed by atoms with E-state index < -0.39 is 0 Å². The fourth-order valence-corrected chi connectivity index (χ4v) is 1.91. The van der Waals surface area contributed by atoms with E-state index in [0.29, 0.717) is 18.9 Å². The van der Waals surface area contributed by atoms with Crippen molar-refractivity contribution in [1.82, 2.24) is 5.32 Å². The summed E-state index contributed by atoms with van der Waals surface area (Å²) < 4.78 is 0. The second-order valence-electron chi connectivity index (χ2n) is 4.50. The van der Waals surface area contributed by atoms with Crippen molar-refractivity contribution in [3.63, 3.8) is 0 Å². The van der Waals surface area contributed by atoms with Gasteiger partial charge in [0, 0.05) is 18.0 Å². The molecule has 0 heterocycles. The monoisotopic (exact) mass is 253 g/mol. The zero-order valence-corrected chi connectivity index (χ0v) is 11.3. The van der Waals surface area contributed by atoms with Crippen LogP contribution >= 0.6 is 11.6 Å². The Kier molecular flexibility index (Phi) is 6.06. The second kappa shape index (κ2) is 7.33. The molecule has 0 aliphatic heterocycles. The zero-order chi connectivity index (χ0) is 12.7. The minimum Gasteiger partial charge on any atom is -0.352 e. The van der Waals surface area contributed by atoms with Crippen molar-refractivity contribution in [2.45, 2.75) is 39.7 Å². The van der Waals surface area contributed by atoms with E-state index in [4.69, 9.17) is 11.6 Å². The zero-order valence-electron chi connectivity index (χ0n) is 10.5. The molecule has 1 atom stereocenters. The number of amides is 1. The first-order chi connectivity index (χ1) is 8.11. The van der Waals surface area contributed by atoms with Crippen LogP contribution in [0.2, 0.25) is 5.02 Å². The number of benzene rings is 1. The van der Waals surface area contributed by atoms with Gasteiger partial charge < -0.3 is 5.32 Å². The molecule has 1 amide bonds. The number of rotatable bonds is 6. The molecule has 0 fully saturated rings. The summed E-state index contributed by atoms with van der Waals surface area (Å²) in [7, 11) is 0. The summed E-state index contributed by atoms with van der Waals surface area (Å²) in [5.41, 5.74) is 1.07. The maximum Gasteiger partial charge on any atom is 0.220 e. The largest absolute Gasteiger partial charge is 0.352 e. The van der Waals surface area contributed by atoms with E-state index in [1.807, 2.05) is 24.3 Å². The molecule has 17 heavy (non-hydrogen) atoms. The lowest BCUT2D eigenvalue weighted by molar-refractivity contribution is -0.122. The Morgan fingerprint density at radius 1 is 1.35 bits per heavy atom. The highest BCUT2D eigenvalue weighted by Gasteiger charge is 2.07. The number of hydrogen-bond donors (Lipinski definition) is 1. The van der Waals surface area contributed by atoms with Crippen LogP contribution in [-0.4, -0.2) is 5.91 Å². The summed E-state index contributed by atoms with van der Waals surface area (Å²) >= 11 is 5.79. The Balaban J connectivity index is 2.30. The van der Waals surface area contributed by atoms with Gasteiger partial charge in [0.1, 0.15) is 0 Å². The van der Waals surface area contributed by atoms with Gasteiger partial charge in [-0.15, -0.1) is 0 Å². The third-order valence-corrected chi connectivity index (χ3v) is 2.97. The number of nitrogens with one attached hydrogen (secondary N) is 1. The molecule has 1 N–H and O–H groups in total. The highest BCUT2D eigenvalue weighted by Crippen LogP contribution is 2.11. The third kappa shape index (κ3) is 5.73. The van der Waals surface area contributed by atoms with Crippen LogP contribution in [0.5, 0.6) is 0 Å². The number of halogens is 1. The second-order valence-corrected chi connectivity index (χ2v) is 4.94. The van der Waals surface area contributed by atoms with Gasteiger partial charge in [0.2, 0.25) is 5.91 Å². The van der Waals surface area contributed by atoms with E-state index >= 15 is 0 Å². The van der Waals surface area contributed by atoms with Gasteiger partial charge in [-0.2, -0.15) is 0 Å². The fraction of sp³-hybridized carbons (Fsp3) is 0.500. The molecule has 1 rings (SSSR count). The first-order valence-corrected chi connectivity index (χ1v) is 6.50. The van der Waals surface area contributed by atoms with Crippen molar-refractivity contribution in [1.29, 1.82) is 0 Å². The SMILES string of the molecule is CCCC(C)CC(=O)NCc1ccc(Cl)cc1. The predicted octanol–water partition coefficient (Wildman–Crippen LogP) is 3.78. The Hall–Kier alpha value is -1.02. The lowest BCUT2D eigenvalue weighted by Gasteiger charge is -2.10. The van der Waals surface area contributed by atoms with Crippen LogP contribution in [-0.2, 0) is 11.3 Å². The molecule has 1 aromatic carbocycles. The highest BCUT2D eigenvalue weighted by molar-refractivity contribution is 6.30. The van der Waals surface area contributed by atoms with Crippen molar-refractivity contribution < 1.29 is 4.79 Å². The summed E-state index contributed by atoms with van der Waals surface area (Å²) in [4.78, 5) is 11.6. The van der Waals surface area contributed by atoms with Crippen LogP contribution in [0, 0.1) is 5.92 Å². The lowest BCUT2D eigenvalue weighted by atomic mass is 10.0. The average Bonchev–Trinajstić information content (AvgIpc) is 2.28. The molecular formula is C14H20ClNO. The van der Waals surface area contributed by atoms with E-state index in [1.54, 1.807) is 0 Å². The van der Waals surface area contributed by atoms with E-state index in [-0.39, 0.29) is 5.91 Å². The van der Waals surface area contributed by atoms with Crippen molar-refractivity contribution in [3.05, 3.63) is 34.9 Å². The summed E-state index contributed by atoms with van der Waals surface area (Å²) in [6.45, 7) is 4.84. The van der Waals surface area contributed by atoms with Gasteiger partial charge in [0.25, 0.3) is 0 Å². The van der Waals surface area contributed by atoms with Crippen LogP contribution in [0.1, 0.15) is 38.7 Å². The molecule has 1 unspecified atom stereocenters. The smallest absolute Gasteiger partial charge is 0.220 e. The minimum atomic E-state index is 0.126. The summed E-state index contributed by atoms with van der Waals surface area (Å²) in [6.07, 6.45) is 2.85. The molecule has 0 bridgehead atoms. The van der Waals surface area contributed by atoms with E-state index in [2.05, 4.69) is 19.2 Å². The van der Waals surface area contributed by atoms with Crippen molar-refractivity contribution >= 4 is 17.5 Å². The number of carbonyl (C=O) groups is 1. The molecule has 0 saturated carbocycles. The van der Waals surface area contributed by atoms with Gasteiger partial charge >= 0.3 is 0 Å². The van der Waals surface area contributed by atoms with Crippen molar-refractivity contribution in [3.8, 4) is 0 Å². The summed E-state index contributed by atoms with van der Waals surface area (Å²) in [6, 6.07) is 7.53. The van der Waals surface area contributed by atoms with Gasteiger partial charge in [0.05, 0.1) is 0 Å². The van der Waals surface area contributed by atoms with Crippen LogP contribution in [0.15, 0.2) is 24.3 Å². The van der Waals surface area contributed by atoms with Crippen LogP contribution in [0.3, 0.4) is 0 Å². The molecule has 2 nitrogen and oxygen atoms in total. The van der Waals surface area contributed by atoms with Gasteiger partial charge in [-0.3, -0.25) is 4.79 Å². The molecule has 0 radical (unpaired) electrons. The predicted molar refractivity (Wildman–Crippen MR) is 72.0 cm³/mol. The Labute approximate surface area is 108 Å². The molecule has 0 aliphatic rings. The Morgan fingerprint density at radius 2 is 2.00 bits per heavy atom. The minimum absolute atomic E-state index is 0.126. The normalized spacial score (nSPS) is 12.2. The lowest BCUT2D eigenvalue weighted by Crippen LogP contribution is -2.24. The standard InChI is InChI=1S/C14H20ClNO/c1-3-4-11(2)9-14(17)16-10-12-5-7-13(15)8-6-12/h5-8,11H,3-4,9-10H2,1-2H3,(H,16,17). The average molecular weight is 254 g/mol. The highest BCUT2D eigenvalue weighted by atomic mass is 35.5. The molecule has 3 heteroatoms. The topological polar surface area (TPSA) is 29.1 Å². The molecular weight excluding hydrogens is 234 g/mol. The number of hydrogen-bond acceptors (Lipinski definition) is 1. The van der Waals surface area contributed by atoms with Gasteiger partial charge in [-0.05, 0) is 23.6 Å². The number of carbonyl (C=O) groups excluding carboxylic acids is 1. The first kappa shape index (κ1) is 14.0. The Bertz CT molecular complexity index is 348. The molecule has 0 spiro atoms. The quantitative estimate of drug-likeness (QED) is 0.821. The maximum absolute atomic E-state index is 11.6.